The lowest BCUT2D eigenvalue weighted by atomic mass is 9.81. The van der Waals surface area contributed by atoms with Crippen molar-refractivity contribution in [2.45, 2.75) is 44.4 Å². The molecule has 0 aromatic heterocycles. The molecule has 0 spiro atoms. The fourth-order valence-corrected chi connectivity index (χ4v) is 4.89. The number of hydrogen-bond donors (Lipinski definition) is 2. The maximum absolute atomic E-state index is 14.8. The lowest BCUT2D eigenvalue weighted by molar-refractivity contribution is -0.133. The molecule has 7 nitrogen and oxygen atoms in total. The Kier molecular flexibility index (Phi) is 5.62. The van der Waals surface area contributed by atoms with Crippen LogP contribution >= 0.6 is 11.6 Å². The highest BCUT2D eigenvalue weighted by Gasteiger charge is 2.50. The third kappa shape index (κ3) is 3.52. The van der Waals surface area contributed by atoms with E-state index in [4.69, 9.17) is 11.6 Å². The molecule has 32 heavy (non-hydrogen) atoms. The van der Waals surface area contributed by atoms with Gasteiger partial charge < -0.3 is 15.1 Å². The first-order chi connectivity index (χ1) is 14.9. The van der Waals surface area contributed by atoms with Crippen molar-refractivity contribution in [2.75, 3.05) is 16.8 Å². The van der Waals surface area contributed by atoms with E-state index in [9.17, 15) is 37.4 Å². The molecule has 2 aliphatic heterocycles. The SMILES string of the molecule is CN1C(C(F)(F)F)=CC(O)N(c2cc(N3C(=O)C4CCCCC4C3=O)c(F)cc2Cl)C1O. The van der Waals surface area contributed by atoms with Crippen LogP contribution in [0.4, 0.5) is 28.9 Å². The maximum Gasteiger partial charge on any atom is 0.431 e. The van der Waals surface area contributed by atoms with Crippen molar-refractivity contribution in [1.82, 2.24) is 4.90 Å². The van der Waals surface area contributed by atoms with Gasteiger partial charge in [0.2, 0.25) is 18.2 Å². The lowest BCUT2D eigenvalue weighted by Gasteiger charge is -2.44. The number of alkyl halides is 3. The summed E-state index contributed by atoms with van der Waals surface area (Å²) >= 11 is 6.09. The minimum atomic E-state index is -4.84. The van der Waals surface area contributed by atoms with Crippen LogP contribution in [0.2, 0.25) is 5.02 Å². The number of aliphatic hydroxyl groups excluding tert-OH is 2. The minimum Gasteiger partial charge on any atom is -0.370 e. The molecule has 2 heterocycles. The molecule has 0 bridgehead atoms. The Morgan fingerprint density at radius 1 is 1.03 bits per heavy atom. The lowest BCUT2D eigenvalue weighted by Crippen LogP contribution is -2.56. The van der Waals surface area contributed by atoms with Crippen molar-refractivity contribution in [3.8, 4) is 0 Å². The van der Waals surface area contributed by atoms with Crippen LogP contribution in [-0.4, -0.2) is 52.7 Å². The maximum atomic E-state index is 14.8. The monoisotopic (exact) mass is 477 g/mol. The Bertz CT molecular complexity index is 978. The molecule has 12 heteroatoms. The summed E-state index contributed by atoms with van der Waals surface area (Å²) in [4.78, 5) is 27.6. The van der Waals surface area contributed by atoms with Gasteiger partial charge in [0.25, 0.3) is 0 Å². The second kappa shape index (κ2) is 7.89. The van der Waals surface area contributed by atoms with E-state index in [0.717, 1.165) is 41.8 Å². The zero-order valence-corrected chi connectivity index (χ0v) is 17.6. The summed E-state index contributed by atoms with van der Waals surface area (Å²) in [5.74, 6) is -3.19. The smallest absolute Gasteiger partial charge is 0.370 e. The number of hydrogen-bond acceptors (Lipinski definition) is 6. The van der Waals surface area contributed by atoms with Crippen LogP contribution in [0.3, 0.4) is 0 Å². The van der Waals surface area contributed by atoms with Crippen LogP contribution in [0.5, 0.6) is 0 Å². The zero-order valence-electron chi connectivity index (χ0n) is 16.8. The summed E-state index contributed by atoms with van der Waals surface area (Å²) in [5, 5.41) is 20.5. The van der Waals surface area contributed by atoms with Crippen LogP contribution in [-0.2, 0) is 9.59 Å². The molecule has 2 fully saturated rings. The van der Waals surface area contributed by atoms with E-state index >= 15 is 0 Å². The number of anilines is 2. The number of amides is 2. The number of benzene rings is 1. The van der Waals surface area contributed by atoms with Crippen molar-refractivity contribution in [3.05, 3.63) is 34.7 Å². The van der Waals surface area contributed by atoms with E-state index < -0.39 is 59.6 Å². The molecule has 174 valence electrons. The predicted octanol–water partition coefficient (Wildman–Crippen LogP) is 2.95. The van der Waals surface area contributed by atoms with Crippen LogP contribution in [0.1, 0.15) is 25.7 Å². The largest absolute Gasteiger partial charge is 0.431 e. The van der Waals surface area contributed by atoms with E-state index in [0.29, 0.717) is 23.8 Å². The Hall–Kier alpha value is -2.37. The molecule has 2 N–H and O–H groups in total. The summed E-state index contributed by atoms with van der Waals surface area (Å²) in [6, 6.07) is 1.77. The number of imide groups is 1. The first kappa shape index (κ1) is 22.8. The number of nitrogens with zero attached hydrogens (tertiary/aromatic N) is 3. The summed E-state index contributed by atoms with van der Waals surface area (Å²) in [6.07, 6.45) is -5.81. The van der Waals surface area contributed by atoms with Crippen molar-refractivity contribution < 1.29 is 37.4 Å². The van der Waals surface area contributed by atoms with Crippen LogP contribution in [0, 0.1) is 17.7 Å². The first-order valence-electron chi connectivity index (χ1n) is 9.96. The van der Waals surface area contributed by atoms with Crippen LogP contribution in [0.25, 0.3) is 0 Å². The normalized spacial score (nSPS) is 28.9. The Balaban J connectivity index is 1.76. The topological polar surface area (TPSA) is 84.3 Å². The molecule has 1 saturated heterocycles. The van der Waals surface area contributed by atoms with Gasteiger partial charge in [-0.3, -0.25) is 14.5 Å². The molecule has 2 amide bonds. The average Bonchev–Trinajstić information content (AvgIpc) is 2.96. The second-order valence-electron chi connectivity index (χ2n) is 8.09. The summed E-state index contributed by atoms with van der Waals surface area (Å²) in [7, 11) is 0.958. The molecular formula is C20H20ClF4N3O4. The Morgan fingerprint density at radius 3 is 2.12 bits per heavy atom. The molecule has 0 radical (unpaired) electrons. The van der Waals surface area contributed by atoms with Gasteiger partial charge in [0.05, 0.1) is 28.2 Å². The fourth-order valence-electron chi connectivity index (χ4n) is 4.64. The number of fused-ring (bicyclic) bond motifs is 1. The molecule has 4 atom stereocenters. The molecule has 1 saturated carbocycles. The summed E-state index contributed by atoms with van der Waals surface area (Å²) < 4.78 is 54.4. The van der Waals surface area contributed by atoms with Crippen LogP contribution < -0.4 is 9.80 Å². The highest BCUT2D eigenvalue weighted by Crippen LogP contribution is 2.44. The Labute approximate surface area is 185 Å². The highest BCUT2D eigenvalue weighted by atomic mass is 35.5. The number of halogens is 5. The first-order valence-corrected chi connectivity index (χ1v) is 10.3. The number of rotatable bonds is 2. The molecular weight excluding hydrogens is 458 g/mol. The van der Waals surface area contributed by atoms with Gasteiger partial charge in [-0.15, -0.1) is 0 Å². The van der Waals surface area contributed by atoms with Crippen molar-refractivity contribution in [2.24, 2.45) is 11.8 Å². The van der Waals surface area contributed by atoms with Crippen molar-refractivity contribution in [1.29, 1.82) is 0 Å². The highest BCUT2D eigenvalue weighted by molar-refractivity contribution is 6.33. The predicted molar refractivity (Wildman–Crippen MR) is 106 cm³/mol. The third-order valence-corrected chi connectivity index (χ3v) is 6.54. The third-order valence-electron chi connectivity index (χ3n) is 6.23. The molecule has 4 rings (SSSR count). The number of allylic oxidation sites excluding steroid dienone is 1. The van der Waals surface area contributed by atoms with Gasteiger partial charge in [0.1, 0.15) is 11.5 Å². The van der Waals surface area contributed by atoms with Crippen molar-refractivity contribution in [3.63, 3.8) is 0 Å². The summed E-state index contributed by atoms with van der Waals surface area (Å²) in [5.41, 5.74) is -1.95. The molecule has 1 aromatic carbocycles. The number of aliphatic hydroxyl groups is 2. The number of carbonyl (C=O) groups excluding carboxylic acids is 2. The van der Waals surface area contributed by atoms with Gasteiger partial charge in [-0.25, -0.2) is 9.29 Å². The average molecular weight is 478 g/mol. The molecule has 1 aliphatic carbocycles. The standard InChI is InChI=1S/C20H20ClF4N3O4/c1-26-15(20(23,24)25)8-16(29)27(19(26)32)13-7-14(12(22)6-11(13)21)28-17(30)9-4-2-3-5-10(9)18(28)31/h6-10,16,19,29,32H,2-5H2,1H3. The second-order valence-corrected chi connectivity index (χ2v) is 8.50. The Morgan fingerprint density at radius 2 is 1.59 bits per heavy atom. The van der Waals surface area contributed by atoms with E-state index in [1.807, 2.05) is 0 Å². The van der Waals surface area contributed by atoms with Gasteiger partial charge >= 0.3 is 6.18 Å². The van der Waals surface area contributed by atoms with E-state index in [-0.39, 0.29) is 10.7 Å². The fraction of sp³-hybridized carbons (Fsp3) is 0.500. The van der Waals surface area contributed by atoms with Gasteiger partial charge in [-0.05, 0) is 31.1 Å². The van der Waals surface area contributed by atoms with E-state index in [1.165, 1.54) is 0 Å². The zero-order chi connectivity index (χ0) is 23.5. The molecule has 3 aliphatic rings. The minimum absolute atomic E-state index is 0.247. The van der Waals surface area contributed by atoms with E-state index in [1.54, 1.807) is 0 Å². The number of carbonyl (C=O) groups is 2. The van der Waals surface area contributed by atoms with Gasteiger partial charge in [0.15, 0.2) is 6.23 Å². The molecule has 4 unspecified atom stereocenters. The van der Waals surface area contributed by atoms with E-state index in [2.05, 4.69) is 0 Å². The van der Waals surface area contributed by atoms with Gasteiger partial charge in [-0.2, -0.15) is 13.2 Å². The van der Waals surface area contributed by atoms with Gasteiger partial charge in [0, 0.05) is 7.05 Å². The van der Waals surface area contributed by atoms with Crippen LogP contribution in [0.15, 0.2) is 23.9 Å². The summed E-state index contributed by atoms with van der Waals surface area (Å²) in [6.45, 7) is 0. The van der Waals surface area contributed by atoms with Crippen molar-refractivity contribution >= 4 is 34.8 Å². The quantitative estimate of drug-likeness (QED) is 0.503. The van der Waals surface area contributed by atoms with Gasteiger partial charge in [-0.1, -0.05) is 24.4 Å². The molecule has 1 aromatic rings.